The molecule has 0 bridgehead atoms. The molecule has 4 nitrogen and oxygen atoms in total. The van der Waals surface area contributed by atoms with E-state index in [1.807, 2.05) is 47.4 Å². The molecule has 0 radical (unpaired) electrons. The lowest BCUT2D eigenvalue weighted by Gasteiger charge is -2.31. The van der Waals surface area contributed by atoms with Gasteiger partial charge < -0.3 is 10.2 Å². The van der Waals surface area contributed by atoms with Crippen LogP contribution in [0.25, 0.3) is 0 Å². The molecule has 1 aliphatic rings. The molecule has 0 aromatic heterocycles. The number of carbonyl (C=O) groups excluding carboxylic acids is 2. The number of rotatable bonds is 5. The molecule has 0 unspecified atom stereocenters. The van der Waals surface area contributed by atoms with Gasteiger partial charge in [-0.15, -0.1) is 11.8 Å². The zero-order chi connectivity index (χ0) is 18.4. The fourth-order valence-corrected chi connectivity index (χ4v) is 4.02. The van der Waals surface area contributed by atoms with Gasteiger partial charge in [0.15, 0.2) is 0 Å². The SMILES string of the molecule is Cc1cccc(SCC(=O)N2CCC(C(=O)Nc3ccccc3)CC2)c1. The molecule has 0 aliphatic carbocycles. The Kier molecular flexibility index (Phi) is 6.34. The summed E-state index contributed by atoms with van der Waals surface area (Å²) in [6.45, 7) is 3.36. The molecule has 2 aromatic rings. The van der Waals surface area contributed by atoms with E-state index >= 15 is 0 Å². The van der Waals surface area contributed by atoms with Gasteiger partial charge in [0.25, 0.3) is 0 Å². The zero-order valence-corrected chi connectivity index (χ0v) is 15.8. The first-order valence-electron chi connectivity index (χ1n) is 8.95. The first kappa shape index (κ1) is 18.5. The van der Waals surface area contributed by atoms with Crippen LogP contribution in [0.15, 0.2) is 59.5 Å². The van der Waals surface area contributed by atoms with Crippen LogP contribution >= 0.6 is 11.8 Å². The maximum absolute atomic E-state index is 12.4. The molecule has 2 aromatic carbocycles. The lowest BCUT2D eigenvalue weighted by molar-refractivity contribution is -0.132. The number of amides is 2. The van der Waals surface area contributed by atoms with Crippen LogP contribution < -0.4 is 5.32 Å². The highest BCUT2D eigenvalue weighted by molar-refractivity contribution is 8.00. The van der Waals surface area contributed by atoms with Crippen LogP contribution in [0.1, 0.15) is 18.4 Å². The van der Waals surface area contributed by atoms with Crippen LogP contribution in [0.5, 0.6) is 0 Å². The van der Waals surface area contributed by atoms with Crippen molar-refractivity contribution in [3.63, 3.8) is 0 Å². The van der Waals surface area contributed by atoms with Gasteiger partial charge in [-0.1, -0.05) is 35.9 Å². The number of aryl methyl sites for hydroxylation is 1. The van der Waals surface area contributed by atoms with E-state index in [0.717, 1.165) is 23.4 Å². The van der Waals surface area contributed by atoms with Crippen LogP contribution in [0.3, 0.4) is 0 Å². The number of likely N-dealkylation sites (tertiary alicyclic amines) is 1. The van der Waals surface area contributed by atoms with E-state index in [4.69, 9.17) is 0 Å². The van der Waals surface area contributed by atoms with Gasteiger partial charge in [-0.3, -0.25) is 9.59 Å². The number of carbonyl (C=O) groups is 2. The summed E-state index contributed by atoms with van der Waals surface area (Å²) in [5.41, 5.74) is 2.03. The number of nitrogens with one attached hydrogen (secondary N) is 1. The summed E-state index contributed by atoms with van der Waals surface area (Å²) < 4.78 is 0. The third-order valence-electron chi connectivity index (χ3n) is 4.61. The largest absolute Gasteiger partial charge is 0.342 e. The first-order valence-corrected chi connectivity index (χ1v) is 9.93. The highest BCUT2D eigenvalue weighted by atomic mass is 32.2. The van der Waals surface area contributed by atoms with Gasteiger partial charge in [0.05, 0.1) is 5.75 Å². The third-order valence-corrected chi connectivity index (χ3v) is 5.59. The number of thioether (sulfide) groups is 1. The molecule has 1 aliphatic heterocycles. The van der Waals surface area contributed by atoms with Crippen molar-refractivity contribution in [3.8, 4) is 0 Å². The molecule has 136 valence electrons. The summed E-state index contributed by atoms with van der Waals surface area (Å²) in [6, 6.07) is 17.7. The zero-order valence-electron chi connectivity index (χ0n) is 15.0. The molecule has 1 heterocycles. The Bertz CT molecular complexity index is 756. The summed E-state index contributed by atoms with van der Waals surface area (Å²) in [4.78, 5) is 27.8. The average molecular weight is 369 g/mol. The van der Waals surface area contributed by atoms with Gasteiger partial charge in [0.2, 0.25) is 11.8 Å². The van der Waals surface area contributed by atoms with Gasteiger partial charge in [-0.25, -0.2) is 0 Å². The van der Waals surface area contributed by atoms with Gasteiger partial charge in [0.1, 0.15) is 0 Å². The number of anilines is 1. The molecule has 2 amide bonds. The molecule has 0 atom stereocenters. The van der Waals surface area contributed by atoms with Crippen molar-refractivity contribution < 1.29 is 9.59 Å². The second-order valence-electron chi connectivity index (χ2n) is 6.62. The van der Waals surface area contributed by atoms with Gasteiger partial charge in [-0.05, 0) is 44.0 Å². The lowest BCUT2D eigenvalue weighted by Crippen LogP contribution is -2.42. The molecular weight excluding hydrogens is 344 g/mol. The molecule has 1 fully saturated rings. The van der Waals surface area contributed by atoms with Gasteiger partial charge in [-0.2, -0.15) is 0 Å². The van der Waals surface area contributed by atoms with Crippen molar-refractivity contribution in [1.82, 2.24) is 4.90 Å². The number of hydrogen-bond donors (Lipinski definition) is 1. The monoisotopic (exact) mass is 368 g/mol. The maximum Gasteiger partial charge on any atom is 0.232 e. The summed E-state index contributed by atoms with van der Waals surface area (Å²) in [5, 5.41) is 2.96. The Morgan fingerprint density at radius 3 is 2.50 bits per heavy atom. The highest BCUT2D eigenvalue weighted by Gasteiger charge is 2.27. The Labute approximate surface area is 159 Å². The number of benzene rings is 2. The van der Waals surface area contributed by atoms with Crippen molar-refractivity contribution in [3.05, 3.63) is 60.2 Å². The fraction of sp³-hybridized carbons (Fsp3) is 0.333. The molecule has 0 spiro atoms. The van der Waals surface area contributed by atoms with E-state index in [1.54, 1.807) is 11.8 Å². The van der Waals surface area contributed by atoms with E-state index < -0.39 is 0 Å². The first-order chi connectivity index (χ1) is 12.6. The van der Waals surface area contributed by atoms with Crippen molar-refractivity contribution in [2.75, 3.05) is 24.2 Å². The normalized spacial score (nSPS) is 14.9. The van der Waals surface area contributed by atoms with E-state index in [2.05, 4.69) is 24.4 Å². The number of para-hydroxylation sites is 1. The Morgan fingerprint density at radius 2 is 1.81 bits per heavy atom. The second-order valence-corrected chi connectivity index (χ2v) is 7.66. The number of hydrogen-bond acceptors (Lipinski definition) is 3. The minimum absolute atomic E-state index is 0.0244. The third kappa shape index (κ3) is 5.11. The summed E-state index contributed by atoms with van der Waals surface area (Å²) in [5.74, 6) is 0.629. The maximum atomic E-state index is 12.4. The highest BCUT2D eigenvalue weighted by Crippen LogP contribution is 2.23. The minimum atomic E-state index is -0.0244. The van der Waals surface area contributed by atoms with Crippen molar-refractivity contribution in [1.29, 1.82) is 0 Å². The summed E-state index contributed by atoms with van der Waals surface area (Å²) in [6.07, 6.45) is 1.44. The van der Waals surface area contributed by atoms with Crippen molar-refractivity contribution >= 4 is 29.3 Å². The molecule has 5 heteroatoms. The van der Waals surface area contributed by atoms with Crippen LogP contribution in [0, 0.1) is 12.8 Å². The van der Waals surface area contributed by atoms with E-state index in [-0.39, 0.29) is 17.7 Å². The topological polar surface area (TPSA) is 49.4 Å². The molecule has 1 N–H and O–H groups in total. The van der Waals surface area contributed by atoms with Crippen molar-refractivity contribution in [2.24, 2.45) is 5.92 Å². The van der Waals surface area contributed by atoms with Crippen LogP contribution in [0.4, 0.5) is 5.69 Å². The molecule has 3 rings (SSSR count). The Balaban J connectivity index is 1.44. The van der Waals surface area contributed by atoms with E-state index in [9.17, 15) is 9.59 Å². The summed E-state index contributed by atoms with van der Waals surface area (Å²) in [7, 11) is 0. The van der Waals surface area contributed by atoms with Gasteiger partial charge >= 0.3 is 0 Å². The smallest absolute Gasteiger partial charge is 0.232 e. The fourth-order valence-electron chi connectivity index (χ4n) is 3.10. The molecule has 0 saturated carbocycles. The summed E-state index contributed by atoms with van der Waals surface area (Å²) >= 11 is 1.57. The average Bonchev–Trinajstić information content (AvgIpc) is 2.67. The van der Waals surface area contributed by atoms with Crippen LogP contribution in [-0.4, -0.2) is 35.6 Å². The van der Waals surface area contributed by atoms with Crippen molar-refractivity contribution in [2.45, 2.75) is 24.7 Å². The van der Waals surface area contributed by atoms with E-state index in [0.29, 0.717) is 18.8 Å². The van der Waals surface area contributed by atoms with E-state index in [1.165, 1.54) is 5.56 Å². The molecular formula is C21H24N2O2S. The Morgan fingerprint density at radius 1 is 1.08 bits per heavy atom. The second kappa shape index (κ2) is 8.90. The quantitative estimate of drug-likeness (QED) is 0.813. The minimum Gasteiger partial charge on any atom is -0.342 e. The predicted octanol–water partition coefficient (Wildman–Crippen LogP) is 3.96. The Hall–Kier alpha value is -2.27. The molecule has 26 heavy (non-hydrogen) atoms. The standard InChI is InChI=1S/C21H24N2O2S/c1-16-6-5-9-19(14-16)26-15-20(24)23-12-10-17(11-13-23)21(25)22-18-7-3-2-4-8-18/h2-9,14,17H,10-13,15H2,1H3,(H,22,25). The van der Waals surface area contributed by atoms with Crippen LogP contribution in [0.2, 0.25) is 0 Å². The lowest BCUT2D eigenvalue weighted by atomic mass is 9.96. The number of nitrogens with zero attached hydrogens (tertiary/aromatic N) is 1. The van der Waals surface area contributed by atoms with Crippen LogP contribution in [-0.2, 0) is 9.59 Å². The number of piperidine rings is 1. The predicted molar refractivity (Wildman–Crippen MR) is 106 cm³/mol. The molecule has 1 saturated heterocycles. The van der Waals surface area contributed by atoms with Gasteiger partial charge in [0, 0.05) is 29.6 Å².